The van der Waals surface area contributed by atoms with E-state index in [-0.39, 0.29) is 29.3 Å². The molecule has 0 saturated heterocycles. The molecule has 130 valence electrons. The summed E-state index contributed by atoms with van der Waals surface area (Å²) in [6, 6.07) is 2.12. The molecular weight excluding hydrogens is 309 g/mol. The molecule has 0 aliphatic heterocycles. The van der Waals surface area contributed by atoms with Crippen molar-refractivity contribution in [2.75, 3.05) is 11.1 Å². The van der Waals surface area contributed by atoms with Gasteiger partial charge in [-0.05, 0) is 50.8 Å². The number of alkyl halides is 3. The molecule has 1 rings (SSSR count). The molecule has 1 aromatic carbocycles. The summed E-state index contributed by atoms with van der Waals surface area (Å²) in [5.41, 5.74) is 4.21. The lowest BCUT2D eigenvalue weighted by molar-refractivity contribution is -0.138. The van der Waals surface area contributed by atoms with Gasteiger partial charge in [0.05, 0.1) is 16.9 Å². The molecule has 0 aliphatic carbocycles. The average molecular weight is 332 g/mol. The Bertz CT molecular complexity index is 576. The fourth-order valence-corrected chi connectivity index (χ4v) is 2.06. The maximum Gasteiger partial charge on any atom is 0.416 e. The Morgan fingerprint density at radius 3 is 2.26 bits per heavy atom. The molecule has 1 amide bonds. The third-order valence-corrected chi connectivity index (χ3v) is 2.84. The molecule has 1 aromatic rings. The maximum atomic E-state index is 13.1. The normalized spacial score (nSPS) is 12.4. The first-order chi connectivity index (χ1) is 10.3. The van der Waals surface area contributed by atoms with Gasteiger partial charge in [0.25, 0.3) is 0 Å². The van der Waals surface area contributed by atoms with Crippen LogP contribution in [0.1, 0.15) is 45.7 Å². The zero-order chi connectivity index (χ0) is 18.0. The zero-order valence-corrected chi connectivity index (χ0v) is 14.0. The molecule has 0 saturated carbocycles. The lowest BCUT2D eigenvalue weighted by Crippen LogP contribution is -2.27. The van der Waals surface area contributed by atoms with Crippen LogP contribution in [0.15, 0.2) is 12.1 Å². The topological polar surface area (TPSA) is 64.3 Å². The smallest absolute Gasteiger partial charge is 0.416 e. The standard InChI is InChI=1S/C16H23F3N2O2/c1-9(2)6-10-7-13(21-14(22)23-15(3,4)5)12(20)8-11(10)16(17,18)19/h7-9H,6,20H2,1-5H3,(H,21,22). The van der Waals surface area contributed by atoms with Crippen LogP contribution in [0, 0.1) is 5.92 Å². The number of hydrogen-bond donors (Lipinski definition) is 2. The van der Waals surface area contributed by atoms with Gasteiger partial charge in [0.1, 0.15) is 5.60 Å². The number of hydrogen-bond acceptors (Lipinski definition) is 3. The van der Waals surface area contributed by atoms with E-state index in [2.05, 4.69) is 5.32 Å². The predicted octanol–water partition coefficient (Wildman–Crippen LogP) is 4.83. The molecule has 7 heteroatoms. The first-order valence-corrected chi connectivity index (χ1v) is 7.29. The van der Waals surface area contributed by atoms with E-state index in [1.807, 2.05) is 13.8 Å². The van der Waals surface area contributed by atoms with Gasteiger partial charge in [0, 0.05) is 0 Å². The SMILES string of the molecule is CC(C)Cc1cc(NC(=O)OC(C)(C)C)c(N)cc1C(F)(F)F. The molecule has 0 aromatic heterocycles. The fraction of sp³-hybridized carbons (Fsp3) is 0.562. The Morgan fingerprint density at radius 2 is 1.83 bits per heavy atom. The van der Waals surface area contributed by atoms with Crippen molar-refractivity contribution in [3.63, 3.8) is 0 Å². The van der Waals surface area contributed by atoms with E-state index in [1.54, 1.807) is 20.8 Å². The van der Waals surface area contributed by atoms with Gasteiger partial charge < -0.3 is 10.5 Å². The monoisotopic (exact) mass is 332 g/mol. The number of carbonyl (C=O) groups excluding carboxylic acids is 1. The summed E-state index contributed by atoms with van der Waals surface area (Å²) in [4.78, 5) is 11.8. The highest BCUT2D eigenvalue weighted by molar-refractivity contribution is 5.89. The summed E-state index contributed by atoms with van der Waals surface area (Å²) in [6.07, 6.45) is -5.04. The first-order valence-electron chi connectivity index (χ1n) is 7.29. The number of halogens is 3. The quantitative estimate of drug-likeness (QED) is 0.779. The van der Waals surface area contributed by atoms with Gasteiger partial charge in [-0.2, -0.15) is 13.2 Å². The Balaban J connectivity index is 3.17. The summed E-state index contributed by atoms with van der Waals surface area (Å²) >= 11 is 0. The van der Waals surface area contributed by atoms with Gasteiger partial charge in [-0.15, -0.1) is 0 Å². The van der Waals surface area contributed by atoms with E-state index >= 15 is 0 Å². The molecule has 0 spiro atoms. The van der Waals surface area contributed by atoms with Gasteiger partial charge in [-0.1, -0.05) is 13.8 Å². The third kappa shape index (κ3) is 6.00. The number of carbonyl (C=O) groups is 1. The Morgan fingerprint density at radius 1 is 1.26 bits per heavy atom. The Labute approximate surface area is 134 Å². The second-order valence-electron chi connectivity index (χ2n) is 6.82. The molecule has 23 heavy (non-hydrogen) atoms. The van der Waals surface area contributed by atoms with Crippen LogP contribution in [0.25, 0.3) is 0 Å². The van der Waals surface area contributed by atoms with Crippen LogP contribution >= 0.6 is 0 Å². The average Bonchev–Trinajstić information content (AvgIpc) is 2.28. The van der Waals surface area contributed by atoms with Gasteiger partial charge in [-0.25, -0.2) is 4.79 Å². The summed E-state index contributed by atoms with van der Waals surface area (Å²) in [6.45, 7) is 8.70. The van der Waals surface area contributed by atoms with Crippen molar-refractivity contribution in [3.05, 3.63) is 23.3 Å². The zero-order valence-electron chi connectivity index (χ0n) is 14.0. The second kappa shape index (κ2) is 6.68. The highest BCUT2D eigenvalue weighted by atomic mass is 19.4. The van der Waals surface area contributed by atoms with Crippen molar-refractivity contribution in [1.29, 1.82) is 0 Å². The Kier molecular flexibility index (Phi) is 5.56. The molecule has 0 radical (unpaired) electrons. The minimum absolute atomic E-state index is 0.0223. The first kappa shape index (κ1) is 19.1. The van der Waals surface area contributed by atoms with Gasteiger partial charge in [0.2, 0.25) is 0 Å². The van der Waals surface area contributed by atoms with Crippen LogP contribution in [0.4, 0.5) is 29.3 Å². The van der Waals surface area contributed by atoms with E-state index in [0.29, 0.717) is 0 Å². The molecule has 0 heterocycles. The van der Waals surface area contributed by atoms with Crippen molar-refractivity contribution in [2.45, 2.75) is 52.8 Å². The van der Waals surface area contributed by atoms with Gasteiger partial charge in [-0.3, -0.25) is 5.32 Å². The molecule has 0 aliphatic rings. The van der Waals surface area contributed by atoms with Gasteiger partial charge in [0.15, 0.2) is 0 Å². The fourth-order valence-electron chi connectivity index (χ4n) is 2.06. The number of rotatable bonds is 3. The third-order valence-electron chi connectivity index (χ3n) is 2.84. The maximum absolute atomic E-state index is 13.1. The highest BCUT2D eigenvalue weighted by Gasteiger charge is 2.34. The van der Waals surface area contributed by atoms with Crippen molar-refractivity contribution in [1.82, 2.24) is 0 Å². The van der Waals surface area contributed by atoms with E-state index in [1.165, 1.54) is 6.07 Å². The largest absolute Gasteiger partial charge is 0.444 e. The minimum Gasteiger partial charge on any atom is -0.444 e. The lowest BCUT2D eigenvalue weighted by Gasteiger charge is -2.21. The number of amides is 1. The highest BCUT2D eigenvalue weighted by Crippen LogP contribution is 2.37. The molecule has 0 bridgehead atoms. The lowest BCUT2D eigenvalue weighted by atomic mass is 9.96. The van der Waals surface area contributed by atoms with E-state index in [9.17, 15) is 18.0 Å². The molecule has 0 unspecified atom stereocenters. The minimum atomic E-state index is -4.50. The van der Waals surface area contributed by atoms with E-state index < -0.39 is 23.4 Å². The molecule has 0 fully saturated rings. The Hall–Kier alpha value is -1.92. The van der Waals surface area contributed by atoms with Crippen molar-refractivity contribution < 1.29 is 22.7 Å². The second-order valence-corrected chi connectivity index (χ2v) is 6.82. The van der Waals surface area contributed by atoms with Crippen LogP contribution in [0.5, 0.6) is 0 Å². The number of nitrogens with two attached hydrogens (primary N) is 1. The number of benzene rings is 1. The summed E-state index contributed by atoms with van der Waals surface area (Å²) in [7, 11) is 0. The van der Waals surface area contributed by atoms with Gasteiger partial charge >= 0.3 is 12.3 Å². The molecular formula is C16H23F3N2O2. The van der Waals surface area contributed by atoms with Crippen LogP contribution in [0.3, 0.4) is 0 Å². The number of ether oxygens (including phenoxy) is 1. The molecule has 4 nitrogen and oxygen atoms in total. The van der Waals surface area contributed by atoms with Crippen LogP contribution < -0.4 is 11.1 Å². The van der Waals surface area contributed by atoms with Crippen LogP contribution in [0.2, 0.25) is 0 Å². The van der Waals surface area contributed by atoms with E-state index in [4.69, 9.17) is 10.5 Å². The van der Waals surface area contributed by atoms with Crippen LogP contribution in [-0.4, -0.2) is 11.7 Å². The number of anilines is 2. The molecule has 3 N–H and O–H groups in total. The summed E-state index contributed by atoms with van der Waals surface area (Å²) in [5, 5.41) is 2.41. The van der Waals surface area contributed by atoms with Crippen molar-refractivity contribution in [3.8, 4) is 0 Å². The van der Waals surface area contributed by atoms with Crippen molar-refractivity contribution >= 4 is 17.5 Å². The predicted molar refractivity (Wildman–Crippen MR) is 84.3 cm³/mol. The van der Waals surface area contributed by atoms with Crippen molar-refractivity contribution in [2.24, 2.45) is 5.92 Å². The number of nitrogen functional groups attached to an aromatic ring is 1. The summed E-state index contributed by atoms with van der Waals surface area (Å²) < 4.78 is 44.5. The number of nitrogens with one attached hydrogen (secondary N) is 1. The summed E-state index contributed by atoms with van der Waals surface area (Å²) in [5.74, 6) is 0.0223. The van der Waals surface area contributed by atoms with E-state index in [0.717, 1.165) is 6.07 Å². The molecule has 0 atom stereocenters. The van der Waals surface area contributed by atoms with Crippen LogP contribution in [-0.2, 0) is 17.3 Å².